The van der Waals surface area contributed by atoms with E-state index >= 15 is 0 Å². The Labute approximate surface area is 312 Å². The maximum Gasteiger partial charge on any atom is 0.320 e. The van der Waals surface area contributed by atoms with Crippen LogP contribution in [-0.2, 0) is 30.2 Å². The molecule has 0 fully saturated rings. The highest BCUT2D eigenvalue weighted by molar-refractivity contribution is 8.89. The Bertz CT molecular complexity index is 1060. The van der Waals surface area contributed by atoms with Crippen LogP contribution in [0.1, 0.15) is 204 Å². The van der Waals surface area contributed by atoms with E-state index in [4.69, 9.17) is 0 Å². The maximum atomic E-state index is 14.2. The summed E-state index contributed by atoms with van der Waals surface area (Å²) >= 11 is 2.52. The van der Waals surface area contributed by atoms with Crippen molar-refractivity contribution in [1.29, 1.82) is 0 Å². The van der Waals surface area contributed by atoms with Crippen LogP contribution in [0.4, 0.5) is 0 Å². The van der Waals surface area contributed by atoms with Gasteiger partial charge in [-0.25, -0.2) is 0 Å². The van der Waals surface area contributed by atoms with Crippen LogP contribution in [0.5, 0.6) is 0 Å². The van der Waals surface area contributed by atoms with Crippen molar-refractivity contribution < 1.29 is 9.46 Å². The molecule has 0 aliphatic carbocycles. The smallest absolute Gasteiger partial charge is 0.320 e. The summed E-state index contributed by atoms with van der Waals surface area (Å²) in [5.41, 5.74) is 5.50. The molecule has 2 aromatic rings. The first-order valence-corrected chi connectivity index (χ1v) is 25.4. The fourth-order valence-electron chi connectivity index (χ4n) is 7.05. The van der Waals surface area contributed by atoms with Crippen LogP contribution in [0.25, 0.3) is 0 Å². The maximum absolute atomic E-state index is 14.2. The van der Waals surface area contributed by atoms with Crippen molar-refractivity contribution >= 4 is 28.5 Å². The van der Waals surface area contributed by atoms with Crippen molar-refractivity contribution in [2.24, 2.45) is 0 Å². The van der Waals surface area contributed by atoms with Gasteiger partial charge in [0.2, 0.25) is 0 Å². The minimum Gasteiger partial charge on any atom is -0.329 e. The minimum atomic E-state index is -3.59. The lowest BCUT2D eigenvalue weighted by Crippen LogP contribution is -1.99. The van der Waals surface area contributed by atoms with Gasteiger partial charge in [0, 0.05) is 9.79 Å². The molecule has 0 bridgehead atoms. The second kappa shape index (κ2) is 28.9. The Hall–Kier alpha value is -0.670. The van der Waals surface area contributed by atoms with E-state index in [-0.39, 0.29) is 0 Å². The summed E-state index contributed by atoms with van der Waals surface area (Å²) in [4.78, 5) is 13.7. The van der Waals surface area contributed by atoms with E-state index in [2.05, 4.69) is 64.1 Å². The molecule has 280 valence electrons. The number of rotatable bonds is 32. The second-order valence-corrected chi connectivity index (χ2v) is 21.5. The zero-order valence-corrected chi connectivity index (χ0v) is 34.9. The summed E-state index contributed by atoms with van der Waals surface area (Å²) in [6, 6.07) is 13.1. The summed E-state index contributed by atoms with van der Waals surface area (Å²) in [5, 5.41) is 0. The van der Waals surface area contributed by atoms with Gasteiger partial charge in [0.1, 0.15) is 0 Å². The lowest BCUT2D eigenvalue weighted by molar-refractivity contribution is 0.514. The molecular formula is C44H75O2PS2. The minimum absolute atomic E-state index is 1.02. The quantitative estimate of drug-likeness (QED) is 0.0601. The Balaban J connectivity index is 2.21. The Morgan fingerprint density at radius 2 is 0.714 bits per heavy atom. The molecule has 0 saturated heterocycles. The lowest BCUT2D eigenvalue weighted by atomic mass is 9.96. The molecule has 0 aliphatic heterocycles. The second-order valence-electron chi connectivity index (χ2n) is 14.5. The zero-order chi connectivity index (χ0) is 35.4. The van der Waals surface area contributed by atoms with Crippen LogP contribution in [0.2, 0.25) is 0 Å². The van der Waals surface area contributed by atoms with E-state index in [1.165, 1.54) is 186 Å². The van der Waals surface area contributed by atoms with E-state index in [0.29, 0.717) is 0 Å². The third-order valence-electron chi connectivity index (χ3n) is 10.0. The molecule has 0 amide bonds. The van der Waals surface area contributed by atoms with Crippen molar-refractivity contribution in [3.8, 4) is 0 Å². The van der Waals surface area contributed by atoms with Gasteiger partial charge in [-0.3, -0.25) is 4.57 Å². The van der Waals surface area contributed by atoms with Crippen LogP contribution in [-0.4, -0.2) is 4.89 Å². The monoisotopic (exact) mass is 730 g/mol. The van der Waals surface area contributed by atoms with Crippen LogP contribution in [0.15, 0.2) is 46.2 Å². The average Bonchev–Trinajstić information content (AvgIpc) is 3.08. The largest absolute Gasteiger partial charge is 0.329 e. The van der Waals surface area contributed by atoms with Gasteiger partial charge in [-0.1, -0.05) is 180 Å². The van der Waals surface area contributed by atoms with Crippen LogP contribution in [0.3, 0.4) is 0 Å². The molecule has 0 saturated carbocycles. The third kappa shape index (κ3) is 20.2. The zero-order valence-electron chi connectivity index (χ0n) is 32.4. The number of benzene rings is 2. The molecule has 0 aliphatic rings. The molecule has 49 heavy (non-hydrogen) atoms. The van der Waals surface area contributed by atoms with Gasteiger partial charge < -0.3 is 4.89 Å². The molecule has 2 aromatic carbocycles. The number of hydrogen-bond acceptors (Lipinski definition) is 3. The fraction of sp³-hybridized carbons (Fsp3) is 0.727. The van der Waals surface area contributed by atoms with Crippen molar-refractivity contribution in [2.75, 3.05) is 0 Å². The average molecular weight is 731 g/mol. The molecule has 5 heteroatoms. The predicted molar refractivity (Wildman–Crippen MR) is 223 cm³/mol. The highest BCUT2D eigenvalue weighted by Gasteiger charge is 2.26. The lowest BCUT2D eigenvalue weighted by Gasteiger charge is -2.19. The van der Waals surface area contributed by atoms with E-state index in [1.807, 2.05) is 0 Å². The van der Waals surface area contributed by atoms with Crippen molar-refractivity contribution in [2.45, 2.75) is 217 Å². The highest BCUT2D eigenvalue weighted by atomic mass is 33.1. The SMILES string of the molecule is CCCCCCCCc1cccc(SP(=O)(O)Sc2cccc(CCCCCCCC)c2CCCCCCCC)c1CCCCCCCC. The van der Waals surface area contributed by atoms with Gasteiger partial charge in [0.25, 0.3) is 0 Å². The number of unbranched alkanes of at least 4 members (excludes halogenated alkanes) is 20. The topological polar surface area (TPSA) is 37.3 Å². The first-order chi connectivity index (χ1) is 24.0. The van der Waals surface area contributed by atoms with E-state index in [0.717, 1.165) is 48.3 Å². The van der Waals surface area contributed by atoms with E-state index < -0.39 is 5.77 Å². The Kier molecular flexibility index (Phi) is 26.2. The summed E-state index contributed by atoms with van der Waals surface area (Å²) in [7, 11) is 0. The summed E-state index contributed by atoms with van der Waals surface area (Å²) in [5.74, 6) is -3.59. The Morgan fingerprint density at radius 3 is 1.04 bits per heavy atom. The first-order valence-electron chi connectivity index (χ1n) is 20.9. The first kappa shape index (κ1) is 44.5. The molecule has 0 heterocycles. The number of hydrogen-bond donors (Lipinski definition) is 1. The molecule has 1 N–H and O–H groups in total. The normalized spacial score (nSPS) is 11.9. The standard InChI is InChI=1S/C44H75O2PS2/c1-5-9-13-17-21-25-31-39-33-29-37-43(41(39)35-27-23-19-15-11-7-3)48-47(45,46)49-44-38-30-34-40(32-26-22-18-14-10-6-2)42(44)36-28-24-20-16-12-8-4/h29-30,33-34,37-38H,5-28,31-32,35-36H2,1-4H3,(H,45,46). The van der Waals surface area contributed by atoms with Gasteiger partial charge >= 0.3 is 5.77 Å². The van der Waals surface area contributed by atoms with Gasteiger partial charge in [-0.15, -0.1) is 0 Å². The fourth-order valence-corrected chi connectivity index (χ4v) is 13.0. The molecule has 2 nitrogen and oxygen atoms in total. The van der Waals surface area contributed by atoms with E-state index in [1.54, 1.807) is 0 Å². The Morgan fingerprint density at radius 1 is 0.429 bits per heavy atom. The molecular weight excluding hydrogens is 656 g/mol. The third-order valence-corrected chi connectivity index (χ3v) is 15.6. The van der Waals surface area contributed by atoms with Crippen molar-refractivity contribution in [1.82, 2.24) is 0 Å². The van der Waals surface area contributed by atoms with Gasteiger partial charge in [0.15, 0.2) is 0 Å². The highest BCUT2D eigenvalue weighted by Crippen LogP contribution is 2.71. The van der Waals surface area contributed by atoms with E-state index in [9.17, 15) is 9.46 Å². The van der Waals surface area contributed by atoms with Gasteiger partial charge in [0.05, 0.1) is 0 Å². The molecule has 0 spiro atoms. The molecule has 0 aromatic heterocycles. The van der Waals surface area contributed by atoms with Gasteiger partial charge in [-0.2, -0.15) is 0 Å². The summed E-state index contributed by atoms with van der Waals surface area (Å²) in [6.45, 7) is 9.10. The van der Waals surface area contributed by atoms with Crippen LogP contribution >= 0.6 is 28.5 Å². The van der Waals surface area contributed by atoms with Crippen LogP contribution in [0, 0.1) is 0 Å². The predicted octanol–water partition coefficient (Wildman–Crippen LogP) is 16.3. The molecule has 0 unspecified atom stereocenters. The van der Waals surface area contributed by atoms with Gasteiger partial charge in [-0.05, 0) is 109 Å². The van der Waals surface area contributed by atoms with Crippen molar-refractivity contribution in [3.05, 3.63) is 58.7 Å². The van der Waals surface area contributed by atoms with Crippen molar-refractivity contribution in [3.63, 3.8) is 0 Å². The summed E-state index contributed by atoms with van der Waals surface area (Å²) in [6.07, 6.45) is 34.9. The molecule has 0 radical (unpaired) electrons. The summed E-state index contributed by atoms with van der Waals surface area (Å²) < 4.78 is 14.2. The number of aryl methyl sites for hydroxylation is 2. The molecule has 0 atom stereocenters. The van der Waals surface area contributed by atoms with Crippen LogP contribution < -0.4 is 0 Å². The molecule has 2 rings (SSSR count).